The van der Waals surface area contributed by atoms with Gasteiger partial charge in [0.2, 0.25) is 5.91 Å². The Bertz CT molecular complexity index is 586. The van der Waals surface area contributed by atoms with Crippen LogP contribution in [0.2, 0.25) is 0 Å². The van der Waals surface area contributed by atoms with Crippen LogP contribution in [-0.4, -0.2) is 15.9 Å². The molecule has 0 fully saturated rings. The summed E-state index contributed by atoms with van der Waals surface area (Å²) in [5, 5.41) is 2.81. The topological polar surface area (TPSA) is 57.8 Å². The first-order valence-corrected chi connectivity index (χ1v) is 7.05. The van der Waals surface area contributed by atoms with Crippen LogP contribution in [0.3, 0.4) is 0 Å². The number of hydrogen-bond acceptors (Lipinski definition) is 2. The number of nitrogens with one attached hydrogen (secondary N) is 2. The number of nitrogens with zero attached hydrogens (tertiary/aromatic N) is 1. The van der Waals surface area contributed by atoms with Gasteiger partial charge in [0.1, 0.15) is 11.6 Å². The number of carbonyl (C=O) groups is 1. The van der Waals surface area contributed by atoms with Gasteiger partial charge in [-0.3, -0.25) is 4.79 Å². The van der Waals surface area contributed by atoms with E-state index in [0.29, 0.717) is 17.4 Å². The van der Waals surface area contributed by atoms with E-state index < -0.39 is 0 Å². The van der Waals surface area contributed by atoms with E-state index in [2.05, 4.69) is 31.2 Å². The van der Waals surface area contributed by atoms with Gasteiger partial charge in [0.25, 0.3) is 0 Å². The minimum absolute atomic E-state index is 0.0538. The van der Waals surface area contributed by atoms with Crippen molar-refractivity contribution in [1.29, 1.82) is 0 Å². The Hall–Kier alpha value is -1.69. The first kappa shape index (κ1) is 14.7. The average molecular weight is 340 g/mol. The molecule has 0 aliphatic heterocycles. The molecule has 1 heterocycles. The first-order valence-electron chi connectivity index (χ1n) is 6.26. The van der Waals surface area contributed by atoms with Crippen LogP contribution in [0.15, 0.2) is 35.1 Å². The Morgan fingerprint density at radius 2 is 2.35 bits per heavy atom. The van der Waals surface area contributed by atoms with Crippen molar-refractivity contribution in [3.8, 4) is 0 Å². The maximum atomic E-state index is 13.1. The third-order valence-corrected chi connectivity index (χ3v) is 3.57. The minimum Gasteiger partial charge on any atom is -0.349 e. The molecule has 1 aromatic carbocycles. The van der Waals surface area contributed by atoms with Gasteiger partial charge in [0, 0.05) is 18.3 Å². The van der Waals surface area contributed by atoms with Crippen LogP contribution >= 0.6 is 15.9 Å². The highest BCUT2D eigenvalue weighted by molar-refractivity contribution is 9.10. The number of aromatic amines is 1. The Kier molecular flexibility index (Phi) is 4.89. The van der Waals surface area contributed by atoms with Crippen LogP contribution in [0.4, 0.5) is 4.39 Å². The predicted molar refractivity (Wildman–Crippen MR) is 77.4 cm³/mol. The summed E-state index contributed by atoms with van der Waals surface area (Å²) < 4.78 is 13.6. The van der Waals surface area contributed by atoms with Crippen LogP contribution in [0.5, 0.6) is 0 Å². The fraction of sp³-hybridized carbons (Fsp3) is 0.286. The molecule has 6 heteroatoms. The lowest BCUT2D eigenvalue weighted by Gasteiger charge is -2.12. The molecule has 1 aromatic heterocycles. The molecule has 20 heavy (non-hydrogen) atoms. The van der Waals surface area contributed by atoms with Crippen LogP contribution < -0.4 is 5.32 Å². The quantitative estimate of drug-likeness (QED) is 0.879. The Morgan fingerprint density at radius 1 is 1.55 bits per heavy atom. The zero-order valence-electron chi connectivity index (χ0n) is 11.0. The summed E-state index contributed by atoms with van der Waals surface area (Å²) in [4.78, 5) is 18.9. The summed E-state index contributed by atoms with van der Waals surface area (Å²) >= 11 is 3.14. The van der Waals surface area contributed by atoms with Crippen LogP contribution in [0, 0.1) is 11.7 Å². The highest BCUT2D eigenvalue weighted by Gasteiger charge is 2.14. The maximum absolute atomic E-state index is 13.1. The van der Waals surface area contributed by atoms with Crippen molar-refractivity contribution in [2.24, 2.45) is 5.92 Å². The maximum Gasteiger partial charge on any atom is 0.223 e. The third kappa shape index (κ3) is 3.90. The fourth-order valence-corrected chi connectivity index (χ4v) is 2.28. The molecule has 1 amide bonds. The van der Waals surface area contributed by atoms with Gasteiger partial charge in [-0.05, 0) is 40.0 Å². The van der Waals surface area contributed by atoms with Gasteiger partial charge in [-0.1, -0.05) is 13.0 Å². The summed E-state index contributed by atoms with van der Waals surface area (Å²) in [5.74, 6) is 0.169. The number of aromatic nitrogens is 2. The Labute approximate surface area is 124 Å². The predicted octanol–water partition coefficient (Wildman–Crippen LogP) is 2.81. The number of carbonyl (C=O) groups excluding carboxylic acids is 1. The molecule has 4 nitrogen and oxygen atoms in total. The van der Waals surface area contributed by atoms with E-state index in [1.165, 1.54) is 6.07 Å². The van der Waals surface area contributed by atoms with Crippen molar-refractivity contribution < 1.29 is 9.18 Å². The smallest absolute Gasteiger partial charge is 0.223 e. The number of hydrogen-bond donors (Lipinski definition) is 2. The molecule has 0 saturated heterocycles. The van der Waals surface area contributed by atoms with Gasteiger partial charge in [-0.15, -0.1) is 0 Å². The third-order valence-electron chi connectivity index (χ3n) is 2.96. The molecule has 0 radical (unpaired) electrons. The minimum atomic E-state index is -0.302. The second-order valence-electron chi connectivity index (χ2n) is 4.61. The number of imidazole rings is 1. The first-order chi connectivity index (χ1) is 9.56. The molecular formula is C14H15BrFN3O. The zero-order chi connectivity index (χ0) is 14.5. The summed E-state index contributed by atoms with van der Waals surface area (Å²) in [6, 6.07) is 4.79. The normalized spacial score (nSPS) is 12.2. The highest BCUT2D eigenvalue weighted by Crippen LogP contribution is 2.19. The van der Waals surface area contributed by atoms with E-state index in [1.54, 1.807) is 24.5 Å². The second kappa shape index (κ2) is 6.65. The van der Waals surface area contributed by atoms with Gasteiger partial charge in [-0.2, -0.15) is 0 Å². The monoisotopic (exact) mass is 339 g/mol. The fourth-order valence-electron chi connectivity index (χ4n) is 1.85. The van der Waals surface area contributed by atoms with Crippen molar-refractivity contribution >= 4 is 21.8 Å². The lowest BCUT2D eigenvalue weighted by Crippen LogP contribution is -2.30. The van der Waals surface area contributed by atoms with Crippen molar-refractivity contribution in [3.63, 3.8) is 0 Å². The van der Waals surface area contributed by atoms with E-state index >= 15 is 0 Å². The zero-order valence-corrected chi connectivity index (χ0v) is 12.6. The van der Waals surface area contributed by atoms with Crippen molar-refractivity contribution in [1.82, 2.24) is 15.3 Å². The molecule has 0 unspecified atom stereocenters. The van der Waals surface area contributed by atoms with E-state index in [9.17, 15) is 9.18 Å². The van der Waals surface area contributed by atoms with E-state index in [4.69, 9.17) is 0 Å². The van der Waals surface area contributed by atoms with Crippen LogP contribution in [0.25, 0.3) is 0 Å². The van der Waals surface area contributed by atoms with Gasteiger partial charge in [-0.25, -0.2) is 9.37 Å². The molecule has 0 bridgehead atoms. The van der Waals surface area contributed by atoms with Crippen molar-refractivity contribution in [3.05, 3.63) is 52.3 Å². The summed E-state index contributed by atoms with van der Waals surface area (Å²) in [5.41, 5.74) is 0.916. The molecule has 106 valence electrons. The van der Waals surface area contributed by atoms with Gasteiger partial charge in [0.05, 0.1) is 11.0 Å². The molecule has 0 aliphatic carbocycles. The highest BCUT2D eigenvalue weighted by atomic mass is 79.9. The lowest BCUT2D eigenvalue weighted by atomic mass is 10.0. The van der Waals surface area contributed by atoms with Gasteiger partial charge in [0.15, 0.2) is 0 Å². The Balaban J connectivity index is 1.88. The largest absolute Gasteiger partial charge is 0.349 e. The molecule has 0 aliphatic rings. The second-order valence-corrected chi connectivity index (χ2v) is 5.46. The number of amides is 1. The molecule has 0 saturated carbocycles. The standard InChI is InChI=1S/C14H15BrFN3O/c1-9(6-10-2-3-12(16)11(15)7-10)14(20)19-8-13-17-4-5-18-13/h2-5,7,9H,6,8H2,1H3,(H,17,18)(H,19,20)/t9-/m1/s1. The lowest BCUT2D eigenvalue weighted by molar-refractivity contribution is -0.124. The molecule has 0 spiro atoms. The SMILES string of the molecule is C[C@H](Cc1ccc(F)c(Br)c1)C(=O)NCc1ncc[nH]1. The molecule has 2 rings (SSSR count). The van der Waals surface area contributed by atoms with Crippen molar-refractivity contribution in [2.45, 2.75) is 19.9 Å². The van der Waals surface area contributed by atoms with E-state index in [-0.39, 0.29) is 17.6 Å². The van der Waals surface area contributed by atoms with E-state index in [0.717, 1.165) is 11.4 Å². The summed E-state index contributed by atoms with van der Waals surface area (Å²) in [6.45, 7) is 2.22. The molecule has 2 N–H and O–H groups in total. The summed E-state index contributed by atoms with van der Waals surface area (Å²) in [6.07, 6.45) is 3.91. The van der Waals surface area contributed by atoms with Gasteiger partial charge < -0.3 is 10.3 Å². The number of rotatable bonds is 5. The van der Waals surface area contributed by atoms with Crippen LogP contribution in [-0.2, 0) is 17.8 Å². The van der Waals surface area contributed by atoms with Crippen molar-refractivity contribution in [2.75, 3.05) is 0 Å². The molecular weight excluding hydrogens is 325 g/mol. The summed E-state index contributed by atoms with van der Waals surface area (Å²) in [7, 11) is 0. The van der Waals surface area contributed by atoms with Gasteiger partial charge >= 0.3 is 0 Å². The Morgan fingerprint density at radius 3 is 3.00 bits per heavy atom. The molecule has 1 atom stereocenters. The van der Waals surface area contributed by atoms with E-state index in [1.807, 2.05) is 6.92 Å². The number of benzene rings is 1. The number of H-pyrrole nitrogens is 1. The number of halogens is 2. The average Bonchev–Trinajstić information content (AvgIpc) is 2.93. The van der Waals surface area contributed by atoms with Crippen LogP contribution in [0.1, 0.15) is 18.3 Å². The molecule has 2 aromatic rings.